The highest BCUT2D eigenvalue weighted by Gasteiger charge is 2.10. The molecule has 0 unspecified atom stereocenters. The first-order chi connectivity index (χ1) is 6.61. The molecule has 0 saturated carbocycles. The molecule has 0 nitrogen and oxygen atoms in total. The molecule has 0 rings (SSSR count). The van der Waals surface area contributed by atoms with Gasteiger partial charge in [0, 0.05) is 0 Å². The van der Waals surface area contributed by atoms with Crippen molar-refractivity contribution in [2.24, 2.45) is 11.8 Å². The lowest BCUT2D eigenvalue weighted by Gasteiger charge is -2.19. The summed E-state index contributed by atoms with van der Waals surface area (Å²) >= 11 is 0. The van der Waals surface area contributed by atoms with Gasteiger partial charge in [0.15, 0.2) is 0 Å². The number of hydrogen-bond acceptors (Lipinski definition) is 0. The third-order valence-corrected chi connectivity index (χ3v) is 2.94. The van der Waals surface area contributed by atoms with Gasteiger partial charge in [0.2, 0.25) is 0 Å². The van der Waals surface area contributed by atoms with E-state index in [1.807, 2.05) is 6.08 Å². The SMILES string of the molecule is C=C/C(C)=C\C[C@@H](CCCC)C(C)C. The quantitative estimate of drug-likeness (QED) is 0.502. The molecule has 0 radical (unpaired) electrons. The maximum atomic E-state index is 3.78. The summed E-state index contributed by atoms with van der Waals surface area (Å²) < 4.78 is 0. The monoisotopic (exact) mass is 194 g/mol. The van der Waals surface area contributed by atoms with Crippen LogP contribution in [0.4, 0.5) is 0 Å². The summed E-state index contributed by atoms with van der Waals surface area (Å²) in [7, 11) is 0. The standard InChI is InChI=1S/C14H26/c1-6-8-9-14(12(3)4)11-10-13(5)7-2/h7,10,12,14H,2,6,8-9,11H2,1,3-5H3/b13-10-/t14-/m1/s1. The smallest absolute Gasteiger partial charge is 0.0314 e. The minimum Gasteiger partial charge on any atom is -0.0988 e. The van der Waals surface area contributed by atoms with Gasteiger partial charge < -0.3 is 0 Å². The lowest BCUT2D eigenvalue weighted by molar-refractivity contribution is 0.352. The Hall–Kier alpha value is -0.520. The predicted molar refractivity (Wildman–Crippen MR) is 66.4 cm³/mol. The summed E-state index contributed by atoms with van der Waals surface area (Å²) in [5.41, 5.74) is 1.31. The molecule has 0 saturated heterocycles. The molecule has 0 heteroatoms. The summed E-state index contributed by atoms with van der Waals surface area (Å²) in [6.07, 6.45) is 9.53. The van der Waals surface area contributed by atoms with Crippen LogP contribution in [0.25, 0.3) is 0 Å². The second kappa shape index (κ2) is 7.84. The van der Waals surface area contributed by atoms with E-state index < -0.39 is 0 Å². The molecule has 0 aliphatic carbocycles. The summed E-state index contributed by atoms with van der Waals surface area (Å²) in [6.45, 7) is 12.8. The van der Waals surface area contributed by atoms with E-state index in [9.17, 15) is 0 Å². The number of hydrogen-bond donors (Lipinski definition) is 0. The Kier molecular flexibility index (Phi) is 7.55. The lowest BCUT2D eigenvalue weighted by Crippen LogP contribution is -2.07. The van der Waals surface area contributed by atoms with Crippen LogP contribution in [0.15, 0.2) is 24.3 Å². The fourth-order valence-electron chi connectivity index (χ4n) is 1.61. The largest absolute Gasteiger partial charge is 0.0988 e. The van der Waals surface area contributed by atoms with Crippen molar-refractivity contribution in [3.8, 4) is 0 Å². The maximum absolute atomic E-state index is 3.78. The predicted octanol–water partition coefficient (Wildman–Crippen LogP) is 4.97. The van der Waals surface area contributed by atoms with E-state index in [-0.39, 0.29) is 0 Å². The zero-order valence-electron chi connectivity index (χ0n) is 10.3. The van der Waals surface area contributed by atoms with E-state index in [2.05, 4.69) is 40.3 Å². The molecule has 0 aromatic heterocycles. The Morgan fingerprint density at radius 3 is 2.43 bits per heavy atom. The second-order valence-electron chi connectivity index (χ2n) is 4.53. The third-order valence-electron chi connectivity index (χ3n) is 2.94. The van der Waals surface area contributed by atoms with E-state index in [0.717, 1.165) is 11.8 Å². The molecular formula is C14H26. The average Bonchev–Trinajstić information content (AvgIpc) is 2.16. The lowest BCUT2D eigenvalue weighted by atomic mass is 9.87. The fraction of sp³-hybridized carbons (Fsp3) is 0.714. The third kappa shape index (κ3) is 6.01. The normalized spacial score (nSPS) is 14.5. The van der Waals surface area contributed by atoms with Crippen LogP contribution < -0.4 is 0 Å². The van der Waals surface area contributed by atoms with Crippen LogP contribution in [0.5, 0.6) is 0 Å². The molecular weight excluding hydrogens is 168 g/mol. The fourth-order valence-corrected chi connectivity index (χ4v) is 1.61. The van der Waals surface area contributed by atoms with Crippen molar-refractivity contribution in [3.63, 3.8) is 0 Å². The molecule has 0 aromatic carbocycles. The van der Waals surface area contributed by atoms with Crippen LogP contribution in [0.1, 0.15) is 53.4 Å². The van der Waals surface area contributed by atoms with Crippen molar-refractivity contribution in [1.82, 2.24) is 0 Å². The first-order valence-corrected chi connectivity index (χ1v) is 5.91. The van der Waals surface area contributed by atoms with E-state index in [1.165, 1.54) is 31.3 Å². The molecule has 0 bridgehead atoms. The van der Waals surface area contributed by atoms with Gasteiger partial charge in [0.25, 0.3) is 0 Å². The van der Waals surface area contributed by atoms with Crippen LogP contribution in [-0.4, -0.2) is 0 Å². The van der Waals surface area contributed by atoms with Gasteiger partial charge in [-0.15, -0.1) is 0 Å². The van der Waals surface area contributed by atoms with Crippen molar-refractivity contribution < 1.29 is 0 Å². The topological polar surface area (TPSA) is 0 Å². The molecule has 0 heterocycles. The highest BCUT2D eigenvalue weighted by Crippen LogP contribution is 2.22. The van der Waals surface area contributed by atoms with Crippen LogP contribution >= 0.6 is 0 Å². The molecule has 0 N–H and O–H groups in total. The van der Waals surface area contributed by atoms with Gasteiger partial charge in [-0.2, -0.15) is 0 Å². The summed E-state index contributed by atoms with van der Waals surface area (Å²) in [6, 6.07) is 0. The van der Waals surface area contributed by atoms with Gasteiger partial charge in [-0.25, -0.2) is 0 Å². The molecule has 0 aromatic rings. The average molecular weight is 194 g/mol. The Labute approximate surface area is 90.1 Å². The molecule has 0 fully saturated rings. The minimum absolute atomic E-state index is 0.801. The van der Waals surface area contributed by atoms with Crippen molar-refractivity contribution in [3.05, 3.63) is 24.3 Å². The van der Waals surface area contributed by atoms with Gasteiger partial charge in [0.05, 0.1) is 0 Å². The van der Waals surface area contributed by atoms with E-state index in [0.29, 0.717) is 0 Å². The summed E-state index contributed by atoms with van der Waals surface area (Å²) in [4.78, 5) is 0. The Morgan fingerprint density at radius 2 is 2.00 bits per heavy atom. The van der Waals surface area contributed by atoms with Crippen LogP contribution in [0, 0.1) is 11.8 Å². The van der Waals surface area contributed by atoms with Crippen molar-refractivity contribution in [1.29, 1.82) is 0 Å². The van der Waals surface area contributed by atoms with Crippen molar-refractivity contribution in [2.45, 2.75) is 53.4 Å². The molecule has 0 amide bonds. The zero-order valence-corrected chi connectivity index (χ0v) is 10.3. The molecule has 1 atom stereocenters. The Morgan fingerprint density at radius 1 is 1.36 bits per heavy atom. The molecule has 0 aliphatic heterocycles. The van der Waals surface area contributed by atoms with Crippen molar-refractivity contribution >= 4 is 0 Å². The van der Waals surface area contributed by atoms with Gasteiger partial charge in [0.1, 0.15) is 0 Å². The number of allylic oxidation sites excluding steroid dienone is 3. The van der Waals surface area contributed by atoms with E-state index in [1.54, 1.807) is 0 Å². The molecule has 14 heavy (non-hydrogen) atoms. The summed E-state index contributed by atoms with van der Waals surface area (Å²) in [5.74, 6) is 1.65. The van der Waals surface area contributed by atoms with Gasteiger partial charge in [-0.05, 0) is 31.6 Å². The Balaban J connectivity index is 4.02. The molecule has 82 valence electrons. The van der Waals surface area contributed by atoms with Crippen LogP contribution in [0.2, 0.25) is 0 Å². The van der Waals surface area contributed by atoms with E-state index in [4.69, 9.17) is 0 Å². The first-order valence-electron chi connectivity index (χ1n) is 5.91. The maximum Gasteiger partial charge on any atom is -0.0314 e. The van der Waals surface area contributed by atoms with Gasteiger partial charge in [-0.1, -0.05) is 57.9 Å². The number of unbranched alkanes of at least 4 members (excludes halogenated alkanes) is 1. The van der Waals surface area contributed by atoms with E-state index >= 15 is 0 Å². The second-order valence-corrected chi connectivity index (χ2v) is 4.53. The molecule has 0 aliphatic rings. The Bertz CT molecular complexity index is 174. The van der Waals surface area contributed by atoms with Gasteiger partial charge >= 0.3 is 0 Å². The first kappa shape index (κ1) is 13.5. The highest BCUT2D eigenvalue weighted by atomic mass is 14.2. The zero-order chi connectivity index (χ0) is 11.0. The number of rotatable bonds is 7. The van der Waals surface area contributed by atoms with Crippen LogP contribution in [0.3, 0.4) is 0 Å². The minimum atomic E-state index is 0.801. The van der Waals surface area contributed by atoms with Crippen LogP contribution in [-0.2, 0) is 0 Å². The highest BCUT2D eigenvalue weighted by molar-refractivity contribution is 5.12. The molecule has 0 spiro atoms. The summed E-state index contributed by atoms with van der Waals surface area (Å²) in [5, 5.41) is 0. The van der Waals surface area contributed by atoms with Crippen molar-refractivity contribution in [2.75, 3.05) is 0 Å². The van der Waals surface area contributed by atoms with Gasteiger partial charge in [-0.3, -0.25) is 0 Å².